The van der Waals surface area contributed by atoms with Crippen molar-refractivity contribution in [1.82, 2.24) is 0 Å². The highest BCUT2D eigenvalue weighted by Gasteiger charge is 2.13. The molecule has 0 radical (unpaired) electrons. The maximum atomic E-state index is 13.6. The second kappa shape index (κ2) is 7.77. The molecule has 0 unspecified atom stereocenters. The molecule has 24 heavy (non-hydrogen) atoms. The maximum absolute atomic E-state index is 13.6. The molecule has 0 aliphatic carbocycles. The second-order valence-electron chi connectivity index (χ2n) is 5.61. The van der Waals surface area contributed by atoms with Crippen molar-refractivity contribution in [2.45, 2.75) is 32.8 Å². The summed E-state index contributed by atoms with van der Waals surface area (Å²) in [7, 11) is 0. The van der Waals surface area contributed by atoms with Gasteiger partial charge in [-0.2, -0.15) is 0 Å². The van der Waals surface area contributed by atoms with Crippen LogP contribution in [0.5, 0.6) is 11.5 Å². The lowest BCUT2D eigenvalue weighted by Crippen LogP contribution is -2.15. The van der Waals surface area contributed by atoms with Crippen LogP contribution in [0.2, 0.25) is 0 Å². The molecule has 6 heteroatoms. The number of aryl methyl sites for hydroxylation is 1. The highest BCUT2D eigenvalue weighted by atomic mass is 19.2. The molecular weight excluding hydrogens is 316 g/mol. The lowest BCUT2D eigenvalue weighted by atomic mass is 10.1. The third-order valence-electron chi connectivity index (χ3n) is 3.25. The second-order valence-corrected chi connectivity index (χ2v) is 5.61. The lowest BCUT2D eigenvalue weighted by molar-refractivity contribution is -0.116. The molecule has 0 aliphatic rings. The molecule has 0 aliphatic heterocycles. The molecule has 0 atom stereocenters. The topological polar surface area (TPSA) is 58.6 Å². The van der Waals surface area contributed by atoms with E-state index < -0.39 is 11.6 Å². The SMILES string of the molecule is CC(C)Oc1cc(O)ccc1NC(=O)CCc1cccc(F)c1F. The summed E-state index contributed by atoms with van der Waals surface area (Å²) < 4.78 is 32.3. The van der Waals surface area contributed by atoms with Crippen LogP contribution >= 0.6 is 0 Å². The minimum Gasteiger partial charge on any atom is -0.508 e. The van der Waals surface area contributed by atoms with Gasteiger partial charge in [0.15, 0.2) is 11.6 Å². The Hall–Kier alpha value is -2.63. The fraction of sp³-hybridized carbons (Fsp3) is 0.278. The first-order chi connectivity index (χ1) is 11.4. The number of carbonyl (C=O) groups excluding carboxylic acids is 1. The number of nitrogens with one attached hydrogen (secondary N) is 1. The van der Waals surface area contributed by atoms with Crippen molar-refractivity contribution in [3.05, 3.63) is 53.6 Å². The van der Waals surface area contributed by atoms with Crippen LogP contribution in [0.3, 0.4) is 0 Å². The van der Waals surface area contributed by atoms with Gasteiger partial charge in [0, 0.05) is 12.5 Å². The number of carbonyl (C=O) groups is 1. The Balaban J connectivity index is 2.03. The standard InChI is InChI=1S/C18H19F2NO3/c1-11(2)24-16-10-13(22)7-8-15(16)21-17(23)9-6-12-4-3-5-14(19)18(12)20/h3-5,7-8,10-11,22H,6,9H2,1-2H3,(H,21,23). The molecule has 0 spiro atoms. The summed E-state index contributed by atoms with van der Waals surface area (Å²) in [5.74, 6) is -1.86. The molecule has 2 aromatic rings. The molecule has 4 nitrogen and oxygen atoms in total. The summed E-state index contributed by atoms with van der Waals surface area (Å²) in [6, 6.07) is 8.23. The smallest absolute Gasteiger partial charge is 0.224 e. The molecule has 1 amide bonds. The Morgan fingerprint density at radius 3 is 2.71 bits per heavy atom. The van der Waals surface area contributed by atoms with E-state index in [0.29, 0.717) is 11.4 Å². The van der Waals surface area contributed by atoms with E-state index in [1.165, 1.54) is 30.3 Å². The minimum atomic E-state index is -0.932. The van der Waals surface area contributed by atoms with Crippen LogP contribution in [0.1, 0.15) is 25.8 Å². The van der Waals surface area contributed by atoms with Crippen LogP contribution in [-0.2, 0) is 11.2 Å². The maximum Gasteiger partial charge on any atom is 0.224 e. The predicted octanol–water partition coefficient (Wildman–Crippen LogP) is 4.03. The number of halogens is 2. The van der Waals surface area contributed by atoms with Gasteiger partial charge >= 0.3 is 0 Å². The third-order valence-corrected chi connectivity index (χ3v) is 3.25. The summed E-state index contributed by atoms with van der Waals surface area (Å²) in [5.41, 5.74) is 0.556. The molecule has 2 rings (SSSR count). The Kier molecular flexibility index (Phi) is 5.73. The number of phenolic OH excluding ortho intramolecular Hbond substituents is 1. The van der Waals surface area contributed by atoms with Gasteiger partial charge in [0.25, 0.3) is 0 Å². The highest BCUT2D eigenvalue weighted by Crippen LogP contribution is 2.30. The zero-order valence-electron chi connectivity index (χ0n) is 13.5. The number of amides is 1. The van der Waals surface area contributed by atoms with E-state index in [9.17, 15) is 18.7 Å². The van der Waals surface area contributed by atoms with Crippen molar-refractivity contribution in [2.75, 3.05) is 5.32 Å². The highest BCUT2D eigenvalue weighted by molar-refractivity contribution is 5.92. The molecule has 0 heterocycles. The Bertz CT molecular complexity index is 732. The van der Waals surface area contributed by atoms with E-state index >= 15 is 0 Å². The summed E-state index contributed by atoms with van der Waals surface area (Å²) in [6.07, 6.45) is -0.0696. The number of rotatable bonds is 6. The number of benzene rings is 2. The monoisotopic (exact) mass is 335 g/mol. The number of aromatic hydroxyl groups is 1. The first-order valence-corrected chi connectivity index (χ1v) is 7.59. The van der Waals surface area contributed by atoms with Crippen LogP contribution in [-0.4, -0.2) is 17.1 Å². The van der Waals surface area contributed by atoms with Crippen molar-refractivity contribution >= 4 is 11.6 Å². The van der Waals surface area contributed by atoms with Gasteiger partial charge in [0.05, 0.1) is 11.8 Å². The summed E-state index contributed by atoms with van der Waals surface area (Å²) >= 11 is 0. The van der Waals surface area contributed by atoms with E-state index in [4.69, 9.17) is 4.74 Å². The number of hydrogen-bond acceptors (Lipinski definition) is 3. The van der Waals surface area contributed by atoms with Crippen LogP contribution in [0.25, 0.3) is 0 Å². The fourth-order valence-corrected chi connectivity index (χ4v) is 2.17. The number of anilines is 1. The Labute approximate surface area is 139 Å². The molecule has 0 bridgehead atoms. The fourth-order valence-electron chi connectivity index (χ4n) is 2.17. The van der Waals surface area contributed by atoms with Crippen molar-refractivity contribution in [1.29, 1.82) is 0 Å². The largest absolute Gasteiger partial charge is 0.508 e. The van der Waals surface area contributed by atoms with Crippen LogP contribution < -0.4 is 10.1 Å². The first-order valence-electron chi connectivity index (χ1n) is 7.59. The average molecular weight is 335 g/mol. The molecule has 0 aromatic heterocycles. The predicted molar refractivity (Wildman–Crippen MR) is 87.2 cm³/mol. The number of ether oxygens (including phenoxy) is 1. The van der Waals surface area contributed by atoms with Crippen LogP contribution in [0, 0.1) is 11.6 Å². The Morgan fingerprint density at radius 2 is 2.00 bits per heavy atom. The van der Waals surface area contributed by atoms with Gasteiger partial charge in [-0.1, -0.05) is 12.1 Å². The molecule has 2 aromatic carbocycles. The lowest BCUT2D eigenvalue weighted by Gasteiger charge is -2.15. The van der Waals surface area contributed by atoms with Gasteiger partial charge in [-0.05, 0) is 44.0 Å². The molecule has 2 N–H and O–H groups in total. The Morgan fingerprint density at radius 1 is 1.25 bits per heavy atom. The van der Waals surface area contributed by atoms with Crippen molar-refractivity contribution in [3.8, 4) is 11.5 Å². The minimum absolute atomic E-state index is 0.0115. The zero-order valence-corrected chi connectivity index (χ0v) is 13.5. The first kappa shape index (κ1) is 17.7. The van der Waals surface area contributed by atoms with E-state index in [0.717, 1.165) is 6.07 Å². The van der Waals surface area contributed by atoms with Gasteiger partial charge in [0.2, 0.25) is 5.91 Å². The van der Waals surface area contributed by atoms with Crippen molar-refractivity contribution < 1.29 is 23.4 Å². The summed E-state index contributed by atoms with van der Waals surface area (Å²) in [6.45, 7) is 3.64. The van der Waals surface area contributed by atoms with Crippen LogP contribution in [0.15, 0.2) is 36.4 Å². The molecule has 128 valence electrons. The summed E-state index contributed by atoms with van der Waals surface area (Å²) in [4.78, 5) is 12.1. The van der Waals surface area contributed by atoms with Crippen LogP contribution in [0.4, 0.5) is 14.5 Å². The van der Waals surface area contributed by atoms with E-state index in [2.05, 4.69) is 5.32 Å². The van der Waals surface area contributed by atoms with Gasteiger partial charge in [-0.3, -0.25) is 4.79 Å². The molecule has 0 saturated heterocycles. The zero-order chi connectivity index (χ0) is 17.7. The van der Waals surface area contributed by atoms with Gasteiger partial charge in [-0.15, -0.1) is 0 Å². The van der Waals surface area contributed by atoms with Crippen molar-refractivity contribution in [2.24, 2.45) is 0 Å². The summed E-state index contributed by atoms with van der Waals surface area (Å²) in [5, 5.41) is 12.2. The van der Waals surface area contributed by atoms with E-state index in [1.54, 1.807) is 0 Å². The average Bonchev–Trinajstić information content (AvgIpc) is 2.51. The molecular formula is C18H19F2NO3. The molecule has 0 fully saturated rings. The number of phenols is 1. The van der Waals surface area contributed by atoms with E-state index in [1.807, 2.05) is 13.8 Å². The normalized spacial score (nSPS) is 10.7. The van der Waals surface area contributed by atoms with Gasteiger partial charge in [0.1, 0.15) is 11.5 Å². The van der Waals surface area contributed by atoms with Crippen molar-refractivity contribution in [3.63, 3.8) is 0 Å². The van der Waals surface area contributed by atoms with Gasteiger partial charge < -0.3 is 15.2 Å². The molecule has 0 saturated carbocycles. The quantitative estimate of drug-likeness (QED) is 0.784. The number of hydrogen-bond donors (Lipinski definition) is 2. The van der Waals surface area contributed by atoms with E-state index in [-0.39, 0.29) is 36.2 Å². The van der Waals surface area contributed by atoms with Gasteiger partial charge in [-0.25, -0.2) is 8.78 Å². The third kappa shape index (κ3) is 4.68.